The number of hydrogen-bond donors (Lipinski definition) is 1. The quantitative estimate of drug-likeness (QED) is 0.905. The van der Waals surface area contributed by atoms with Gasteiger partial charge < -0.3 is 15.0 Å². The van der Waals surface area contributed by atoms with Crippen molar-refractivity contribution in [3.05, 3.63) is 34.9 Å². The van der Waals surface area contributed by atoms with Crippen LogP contribution in [-0.4, -0.2) is 42.1 Å². The lowest BCUT2D eigenvalue weighted by molar-refractivity contribution is 0.0261. The molecule has 0 bridgehead atoms. The van der Waals surface area contributed by atoms with E-state index in [9.17, 15) is 9.59 Å². The fraction of sp³-hybridized carbons (Fsp3) is 0.556. The molecule has 0 saturated heterocycles. The van der Waals surface area contributed by atoms with Crippen LogP contribution in [0.15, 0.2) is 18.2 Å². The van der Waals surface area contributed by atoms with Crippen molar-refractivity contribution < 1.29 is 14.3 Å². The highest BCUT2D eigenvalue weighted by molar-refractivity contribution is 5.94. The van der Waals surface area contributed by atoms with E-state index in [1.54, 1.807) is 4.90 Å². The Labute approximate surface area is 139 Å². The van der Waals surface area contributed by atoms with Crippen LogP contribution in [0.5, 0.6) is 0 Å². The summed E-state index contributed by atoms with van der Waals surface area (Å²) in [7, 11) is 0. The average Bonchev–Trinajstić information content (AvgIpc) is 2.40. The monoisotopic (exact) mass is 320 g/mol. The van der Waals surface area contributed by atoms with Crippen LogP contribution < -0.4 is 5.32 Å². The van der Waals surface area contributed by atoms with Crippen LogP contribution in [0, 0.1) is 13.8 Å². The molecule has 1 N–H and O–H groups in total. The average molecular weight is 320 g/mol. The minimum atomic E-state index is -0.521. The Bertz CT molecular complexity index is 542. The van der Waals surface area contributed by atoms with Gasteiger partial charge in [-0.1, -0.05) is 17.2 Å². The first-order valence-electron chi connectivity index (χ1n) is 7.97. The van der Waals surface area contributed by atoms with Crippen molar-refractivity contribution >= 4 is 12.0 Å². The van der Waals surface area contributed by atoms with Crippen LogP contribution in [0.25, 0.3) is 0 Å². The number of benzene rings is 1. The van der Waals surface area contributed by atoms with Crippen LogP contribution in [-0.2, 0) is 4.74 Å². The minimum Gasteiger partial charge on any atom is -0.444 e. The largest absolute Gasteiger partial charge is 0.444 e. The van der Waals surface area contributed by atoms with E-state index in [1.165, 1.54) is 0 Å². The molecule has 1 rings (SSSR count). The number of rotatable bonds is 5. The second-order valence-electron chi connectivity index (χ2n) is 6.69. The summed E-state index contributed by atoms with van der Waals surface area (Å²) < 4.78 is 5.34. The highest BCUT2D eigenvalue weighted by Gasteiger charge is 2.20. The van der Waals surface area contributed by atoms with Gasteiger partial charge in [-0.05, 0) is 53.7 Å². The molecule has 128 valence electrons. The Hall–Kier alpha value is -2.04. The number of likely N-dealkylation sites (N-methyl/N-ethyl adjacent to an activating group) is 1. The van der Waals surface area contributed by atoms with Gasteiger partial charge >= 0.3 is 6.09 Å². The van der Waals surface area contributed by atoms with Crippen molar-refractivity contribution in [2.75, 3.05) is 19.6 Å². The Morgan fingerprint density at radius 2 is 1.70 bits per heavy atom. The van der Waals surface area contributed by atoms with E-state index in [4.69, 9.17) is 4.74 Å². The number of nitrogens with zero attached hydrogens (tertiary/aromatic N) is 1. The molecule has 0 aliphatic carbocycles. The molecule has 1 aromatic carbocycles. The van der Waals surface area contributed by atoms with Crippen LogP contribution >= 0.6 is 0 Å². The molecular weight excluding hydrogens is 292 g/mol. The Morgan fingerprint density at radius 1 is 1.13 bits per heavy atom. The highest BCUT2D eigenvalue weighted by Crippen LogP contribution is 2.10. The van der Waals surface area contributed by atoms with Gasteiger partial charge in [-0.2, -0.15) is 0 Å². The van der Waals surface area contributed by atoms with Crippen molar-refractivity contribution in [1.29, 1.82) is 0 Å². The molecule has 0 radical (unpaired) electrons. The summed E-state index contributed by atoms with van der Waals surface area (Å²) in [5, 5.41) is 2.85. The van der Waals surface area contributed by atoms with Crippen molar-refractivity contribution in [2.24, 2.45) is 0 Å². The summed E-state index contributed by atoms with van der Waals surface area (Å²) in [6.07, 6.45) is -0.361. The van der Waals surface area contributed by atoms with Gasteiger partial charge in [-0.25, -0.2) is 4.79 Å². The molecule has 1 aromatic rings. The maximum atomic E-state index is 12.2. The van der Waals surface area contributed by atoms with Crippen LogP contribution in [0.1, 0.15) is 49.2 Å². The molecule has 5 heteroatoms. The zero-order valence-corrected chi connectivity index (χ0v) is 15.0. The third-order valence-electron chi connectivity index (χ3n) is 3.18. The predicted molar refractivity (Wildman–Crippen MR) is 91.7 cm³/mol. The summed E-state index contributed by atoms with van der Waals surface area (Å²) in [6, 6.07) is 5.74. The van der Waals surface area contributed by atoms with Crippen molar-refractivity contribution in [3.63, 3.8) is 0 Å². The minimum absolute atomic E-state index is 0.128. The summed E-state index contributed by atoms with van der Waals surface area (Å²) in [4.78, 5) is 25.8. The van der Waals surface area contributed by atoms with E-state index in [2.05, 4.69) is 5.32 Å². The fourth-order valence-corrected chi connectivity index (χ4v) is 2.22. The molecule has 0 spiro atoms. The molecule has 0 aromatic heterocycles. The molecule has 5 nitrogen and oxygen atoms in total. The van der Waals surface area contributed by atoms with E-state index in [0.29, 0.717) is 25.2 Å². The molecule has 0 saturated carbocycles. The van der Waals surface area contributed by atoms with Gasteiger partial charge in [0.25, 0.3) is 5.91 Å². The van der Waals surface area contributed by atoms with Gasteiger partial charge in [0, 0.05) is 25.2 Å². The third kappa shape index (κ3) is 6.72. The number of carbonyl (C=O) groups excluding carboxylic acids is 2. The van der Waals surface area contributed by atoms with Gasteiger partial charge in [0.2, 0.25) is 0 Å². The lowest BCUT2D eigenvalue weighted by atomic mass is 10.1. The molecule has 0 atom stereocenters. The topological polar surface area (TPSA) is 58.6 Å². The Balaban J connectivity index is 2.54. The van der Waals surface area contributed by atoms with E-state index in [0.717, 1.165) is 11.1 Å². The fourth-order valence-electron chi connectivity index (χ4n) is 2.22. The SMILES string of the molecule is CCN(CCNC(=O)c1cc(C)cc(C)c1)C(=O)OC(C)(C)C. The smallest absolute Gasteiger partial charge is 0.410 e. The maximum absolute atomic E-state index is 12.2. The molecule has 0 aliphatic rings. The van der Waals surface area contributed by atoms with Crippen molar-refractivity contribution in [3.8, 4) is 0 Å². The number of hydrogen-bond acceptors (Lipinski definition) is 3. The standard InChI is InChI=1S/C18H28N2O3/c1-7-20(17(22)23-18(4,5)6)9-8-19-16(21)15-11-13(2)10-14(3)12-15/h10-12H,7-9H2,1-6H3,(H,19,21). The van der Waals surface area contributed by atoms with Gasteiger partial charge in [0.15, 0.2) is 0 Å². The molecular formula is C18H28N2O3. The normalized spacial score (nSPS) is 11.0. The van der Waals surface area contributed by atoms with E-state index < -0.39 is 5.60 Å². The van der Waals surface area contributed by atoms with E-state index >= 15 is 0 Å². The number of ether oxygens (including phenoxy) is 1. The first kappa shape index (κ1) is 19.0. The summed E-state index contributed by atoms with van der Waals surface area (Å²) in [5.74, 6) is -0.128. The third-order valence-corrected chi connectivity index (χ3v) is 3.18. The molecule has 0 heterocycles. The van der Waals surface area contributed by atoms with E-state index in [1.807, 2.05) is 59.7 Å². The highest BCUT2D eigenvalue weighted by atomic mass is 16.6. The molecule has 2 amide bonds. The summed E-state index contributed by atoms with van der Waals surface area (Å²) in [5.41, 5.74) is 2.23. The van der Waals surface area contributed by atoms with Crippen molar-refractivity contribution in [2.45, 2.75) is 47.1 Å². The lowest BCUT2D eigenvalue weighted by Gasteiger charge is -2.26. The summed E-state index contributed by atoms with van der Waals surface area (Å²) >= 11 is 0. The van der Waals surface area contributed by atoms with E-state index in [-0.39, 0.29) is 12.0 Å². The molecule has 0 fully saturated rings. The van der Waals surface area contributed by atoms with Gasteiger partial charge in [0.05, 0.1) is 0 Å². The second-order valence-corrected chi connectivity index (χ2v) is 6.69. The molecule has 0 unspecified atom stereocenters. The number of carbonyl (C=O) groups is 2. The van der Waals surface area contributed by atoms with Crippen molar-refractivity contribution in [1.82, 2.24) is 10.2 Å². The van der Waals surface area contributed by atoms with Gasteiger partial charge in [-0.15, -0.1) is 0 Å². The Kier molecular flexibility index (Phi) is 6.61. The molecule has 23 heavy (non-hydrogen) atoms. The number of nitrogens with one attached hydrogen (secondary N) is 1. The first-order valence-corrected chi connectivity index (χ1v) is 7.97. The maximum Gasteiger partial charge on any atom is 0.410 e. The first-order chi connectivity index (χ1) is 10.6. The Morgan fingerprint density at radius 3 is 2.17 bits per heavy atom. The number of amides is 2. The zero-order valence-electron chi connectivity index (χ0n) is 15.0. The zero-order chi connectivity index (χ0) is 17.6. The van der Waals surface area contributed by atoms with Crippen LogP contribution in [0.2, 0.25) is 0 Å². The molecule has 0 aliphatic heterocycles. The van der Waals surface area contributed by atoms with Crippen LogP contribution in [0.4, 0.5) is 4.79 Å². The van der Waals surface area contributed by atoms with Gasteiger partial charge in [-0.3, -0.25) is 4.79 Å². The lowest BCUT2D eigenvalue weighted by Crippen LogP contribution is -2.41. The van der Waals surface area contributed by atoms with Gasteiger partial charge in [0.1, 0.15) is 5.60 Å². The van der Waals surface area contributed by atoms with Crippen LogP contribution in [0.3, 0.4) is 0 Å². The number of aryl methyl sites for hydroxylation is 2. The summed E-state index contributed by atoms with van der Waals surface area (Å²) in [6.45, 7) is 12.7. The predicted octanol–water partition coefficient (Wildman–Crippen LogP) is 3.29. The second kappa shape index (κ2) is 7.99.